The molecule has 39 heavy (non-hydrogen) atoms. The molecule has 0 radical (unpaired) electrons. The lowest BCUT2D eigenvalue weighted by Gasteiger charge is -2.52. The number of ketones is 1. The van der Waals surface area contributed by atoms with Crippen LogP contribution in [0.5, 0.6) is 0 Å². The van der Waals surface area contributed by atoms with E-state index in [-0.39, 0.29) is 24.2 Å². The first kappa shape index (κ1) is 30.0. The molecule has 2 aromatic carbocycles. The third kappa shape index (κ3) is 7.42. The number of hydrogen-bond donors (Lipinski definition) is 2. The zero-order chi connectivity index (χ0) is 27.8. The maximum absolute atomic E-state index is 14.0. The molecule has 2 aliphatic heterocycles. The quantitative estimate of drug-likeness (QED) is 0.353. The van der Waals surface area contributed by atoms with E-state index in [0.29, 0.717) is 28.2 Å². The molecule has 2 atom stereocenters. The van der Waals surface area contributed by atoms with Crippen molar-refractivity contribution in [1.29, 1.82) is 0 Å². The number of carbonyl (C=O) groups is 2. The van der Waals surface area contributed by atoms with Gasteiger partial charge in [-0.25, -0.2) is 0 Å². The van der Waals surface area contributed by atoms with Crippen LogP contribution >= 0.6 is 23.2 Å². The summed E-state index contributed by atoms with van der Waals surface area (Å²) in [5, 5.41) is 7.92. The molecule has 2 fully saturated rings. The van der Waals surface area contributed by atoms with Crippen molar-refractivity contribution in [3.8, 4) is 0 Å². The standard InChI is InChI=1S/C31H42Cl2N4O2/c1-36(2)30(39)31(15-6-7-19-37(31)26-13-17-34-18-14-26)16-12-25(24-10-11-27(32)28(33)20-24)21-35-22-29(38)23-8-4-3-5-9-23/h3-5,8-11,20,25-26,34-35H,6-7,12-19,21-22H2,1-2H3. The van der Waals surface area contributed by atoms with Crippen LogP contribution in [-0.2, 0) is 4.79 Å². The van der Waals surface area contributed by atoms with E-state index >= 15 is 0 Å². The van der Waals surface area contributed by atoms with Gasteiger partial charge in [-0.15, -0.1) is 0 Å². The minimum absolute atomic E-state index is 0.0621. The SMILES string of the molecule is CN(C)C(=O)C1(CCC(CNCC(=O)c2ccccc2)c2ccc(Cl)c(Cl)c2)CCCCN1C1CCNCC1. The Labute approximate surface area is 243 Å². The molecule has 1 amide bonds. The molecule has 2 N–H and O–H groups in total. The van der Waals surface area contributed by atoms with Crippen LogP contribution in [-0.4, -0.2) is 79.9 Å². The van der Waals surface area contributed by atoms with E-state index in [1.165, 1.54) is 0 Å². The van der Waals surface area contributed by atoms with E-state index < -0.39 is 5.54 Å². The van der Waals surface area contributed by atoms with Crippen LogP contribution in [0.3, 0.4) is 0 Å². The summed E-state index contributed by atoms with van der Waals surface area (Å²) >= 11 is 12.7. The van der Waals surface area contributed by atoms with Gasteiger partial charge in [0.1, 0.15) is 5.54 Å². The molecule has 6 nitrogen and oxygen atoms in total. The summed E-state index contributed by atoms with van der Waals surface area (Å²) in [7, 11) is 3.76. The predicted molar refractivity (Wildman–Crippen MR) is 160 cm³/mol. The van der Waals surface area contributed by atoms with E-state index in [9.17, 15) is 9.59 Å². The molecule has 0 aromatic heterocycles. The summed E-state index contributed by atoms with van der Waals surface area (Å²) in [5.41, 5.74) is 1.25. The maximum Gasteiger partial charge on any atom is 0.242 e. The third-order valence-corrected chi connectivity index (χ3v) is 9.18. The van der Waals surface area contributed by atoms with Crippen LogP contribution in [0.4, 0.5) is 0 Å². The Morgan fingerprint density at radius 1 is 1.08 bits per heavy atom. The number of likely N-dealkylation sites (tertiary alicyclic amines) is 1. The first-order valence-corrected chi connectivity index (χ1v) is 15.0. The Morgan fingerprint density at radius 2 is 1.82 bits per heavy atom. The Hall–Kier alpha value is -1.96. The fraction of sp³-hybridized carbons (Fsp3) is 0.548. The molecule has 0 spiro atoms. The molecule has 2 aliphatic rings. The molecule has 0 bridgehead atoms. The highest BCUT2D eigenvalue weighted by Gasteiger charge is 2.48. The van der Waals surface area contributed by atoms with Crippen molar-refractivity contribution in [3.05, 3.63) is 69.7 Å². The van der Waals surface area contributed by atoms with Gasteiger partial charge in [0.05, 0.1) is 16.6 Å². The molecule has 2 heterocycles. The van der Waals surface area contributed by atoms with Gasteiger partial charge in [0.15, 0.2) is 5.78 Å². The van der Waals surface area contributed by atoms with Crippen LogP contribution < -0.4 is 10.6 Å². The first-order valence-electron chi connectivity index (χ1n) is 14.2. The normalized spacial score (nSPS) is 21.4. The topological polar surface area (TPSA) is 64.7 Å². The molecular formula is C31H42Cl2N4O2. The summed E-state index contributed by atoms with van der Waals surface area (Å²) in [6.45, 7) is 3.82. The van der Waals surface area contributed by atoms with Crippen LogP contribution in [0.15, 0.2) is 48.5 Å². The fourth-order valence-corrected chi connectivity index (χ4v) is 6.69. The number of rotatable bonds is 11. The van der Waals surface area contributed by atoms with E-state index in [0.717, 1.165) is 70.1 Å². The highest BCUT2D eigenvalue weighted by atomic mass is 35.5. The molecule has 2 saturated heterocycles. The van der Waals surface area contributed by atoms with Gasteiger partial charge in [-0.2, -0.15) is 0 Å². The summed E-state index contributed by atoms with van der Waals surface area (Å²) in [4.78, 5) is 31.0. The number of Topliss-reactive ketones (excluding diaryl/α,β-unsaturated/α-hetero) is 1. The number of piperidine rings is 2. The Kier molecular flexibility index (Phi) is 10.8. The smallest absolute Gasteiger partial charge is 0.242 e. The van der Waals surface area contributed by atoms with Crippen molar-refractivity contribution in [2.45, 2.75) is 62.4 Å². The lowest BCUT2D eigenvalue weighted by molar-refractivity contribution is -0.149. The van der Waals surface area contributed by atoms with E-state index in [1.807, 2.05) is 62.6 Å². The molecule has 8 heteroatoms. The highest BCUT2D eigenvalue weighted by Crippen LogP contribution is 2.40. The first-order chi connectivity index (χ1) is 18.8. The summed E-state index contributed by atoms with van der Waals surface area (Å²) in [6, 6.07) is 15.6. The maximum atomic E-state index is 14.0. The van der Waals surface area contributed by atoms with Gasteiger partial charge in [0.2, 0.25) is 5.91 Å². The largest absolute Gasteiger partial charge is 0.347 e. The second-order valence-electron chi connectivity index (χ2n) is 11.2. The summed E-state index contributed by atoms with van der Waals surface area (Å²) in [6.07, 6.45) is 6.76. The van der Waals surface area contributed by atoms with Crippen LogP contribution in [0.25, 0.3) is 0 Å². The van der Waals surface area contributed by atoms with E-state index in [1.54, 1.807) is 4.90 Å². The van der Waals surface area contributed by atoms with Crippen LogP contribution in [0.1, 0.15) is 66.8 Å². The molecule has 2 unspecified atom stereocenters. The number of amides is 1. The van der Waals surface area contributed by atoms with Gasteiger partial charge < -0.3 is 15.5 Å². The zero-order valence-corrected chi connectivity index (χ0v) is 24.7. The highest BCUT2D eigenvalue weighted by molar-refractivity contribution is 6.42. The van der Waals surface area contributed by atoms with Crippen molar-refractivity contribution in [1.82, 2.24) is 20.4 Å². The van der Waals surface area contributed by atoms with E-state index in [4.69, 9.17) is 23.2 Å². The minimum atomic E-state index is -0.516. The lowest BCUT2D eigenvalue weighted by atomic mass is 9.76. The third-order valence-electron chi connectivity index (χ3n) is 8.44. The Morgan fingerprint density at radius 3 is 2.51 bits per heavy atom. The second kappa shape index (κ2) is 14.1. The van der Waals surface area contributed by atoms with Crippen molar-refractivity contribution in [2.75, 3.05) is 46.8 Å². The van der Waals surface area contributed by atoms with Crippen molar-refractivity contribution >= 4 is 34.9 Å². The van der Waals surface area contributed by atoms with Crippen LogP contribution in [0.2, 0.25) is 10.0 Å². The van der Waals surface area contributed by atoms with Crippen molar-refractivity contribution in [2.24, 2.45) is 0 Å². The molecule has 212 valence electrons. The molecule has 4 rings (SSSR count). The number of benzene rings is 2. The van der Waals surface area contributed by atoms with Gasteiger partial charge >= 0.3 is 0 Å². The van der Waals surface area contributed by atoms with Crippen molar-refractivity contribution in [3.63, 3.8) is 0 Å². The van der Waals surface area contributed by atoms with Gasteiger partial charge in [0, 0.05) is 32.2 Å². The molecule has 0 saturated carbocycles. The number of halogens is 2. The minimum Gasteiger partial charge on any atom is -0.347 e. The lowest BCUT2D eigenvalue weighted by Crippen LogP contribution is -2.64. The van der Waals surface area contributed by atoms with Gasteiger partial charge in [-0.1, -0.05) is 59.6 Å². The average molecular weight is 574 g/mol. The number of carbonyl (C=O) groups excluding carboxylic acids is 2. The van der Waals surface area contributed by atoms with Gasteiger partial charge in [-0.3, -0.25) is 14.5 Å². The number of nitrogens with zero attached hydrogens (tertiary/aromatic N) is 2. The number of likely N-dealkylation sites (N-methyl/N-ethyl adjacent to an activating group) is 1. The Bertz CT molecular complexity index is 1110. The summed E-state index contributed by atoms with van der Waals surface area (Å²) in [5.74, 6) is 0.347. The summed E-state index contributed by atoms with van der Waals surface area (Å²) < 4.78 is 0. The fourth-order valence-electron chi connectivity index (χ4n) is 6.38. The van der Waals surface area contributed by atoms with Crippen LogP contribution in [0, 0.1) is 0 Å². The van der Waals surface area contributed by atoms with Gasteiger partial charge in [0.25, 0.3) is 0 Å². The molecule has 0 aliphatic carbocycles. The number of hydrogen-bond acceptors (Lipinski definition) is 5. The van der Waals surface area contributed by atoms with Gasteiger partial charge in [-0.05, 0) is 88.2 Å². The monoisotopic (exact) mass is 572 g/mol. The second-order valence-corrected chi connectivity index (χ2v) is 12.0. The average Bonchev–Trinajstić information content (AvgIpc) is 2.96. The van der Waals surface area contributed by atoms with E-state index in [2.05, 4.69) is 15.5 Å². The molecular weight excluding hydrogens is 531 g/mol. The number of nitrogens with one attached hydrogen (secondary N) is 2. The predicted octanol–water partition coefficient (Wildman–Crippen LogP) is 5.39. The zero-order valence-electron chi connectivity index (χ0n) is 23.2. The molecule has 2 aromatic rings. The Balaban J connectivity index is 1.55. The van der Waals surface area contributed by atoms with Crippen molar-refractivity contribution < 1.29 is 9.59 Å².